The molecule has 0 amide bonds. The summed E-state index contributed by atoms with van der Waals surface area (Å²) < 4.78 is 23.0. The Morgan fingerprint density at radius 2 is 1.84 bits per heavy atom. The topological polar surface area (TPSA) is 105 Å². The number of benzene rings is 3. The second kappa shape index (κ2) is 10.4. The minimum atomic E-state index is -0.505. The molecule has 2 heterocycles. The molecule has 0 aliphatic carbocycles. The van der Waals surface area contributed by atoms with Crippen LogP contribution in [0.5, 0.6) is 11.5 Å². The summed E-state index contributed by atoms with van der Waals surface area (Å²) in [6, 6.07) is 21.6. The van der Waals surface area contributed by atoms with E-state index in [0.29, 0.717) is 45.9 Å². The zero-order valence-electron chi connectivity index (χ0n) is 20.2. The fraction of sp³-hybridized carbons (Fsp3) is 0.143. The minimum Gasteiger partial charge on any atom is -0.490 e. The Bertz CT molecular complexity index is 1650. The van der Waals surface area contributed by atoms with Crippen molar-refractivity contribution >= 4 is 34.1 Å². The molecule has 3 aromatic carbocycles. The van der Waals surface area contributed by atoms with Gasteiger partial charge in [-0.05, 0) is 55.0 Å². The number of hydrogen-bond donors (Lipinski definition) is 0. The molecule has 9 heteroatoms. The van der Waals surface area contributed by atoms with Gasteiger partial charge in [0.2, 0.25) is 5.82 Å². The highest BCUT2D eigenvalue weighted by molar-refractivity contribution is 5.85. The molecule has 0 saturated heterocycles. The van der Waals surface area contributed by atoms with Gasteiger partial charge in [0.1, 0.15) is 5.58 Å². The van der Waals surface area contributed by atoms with E-state index in [1.165, 1.54) is 18.0 Å². The van der Waals surface area contributed by atoms with Gasteiger partial charge in [-0.3, -0.25) is 4.79 Å². The molecule has 0 N–H and O–H groups in total. The molecule has 0 aliphatic rings. The van der Waals surface area contributed by atoms with Crippen molar-refractivity contribution in [1.29, 1.82) is 0 Å². The Balaban J connectivity index is 1.57. The molecular weight excluding hydrogens is 474 g/mol. The van der Waals surface area contributed by atoms with Crippen molar-refractivity contribution in [3.63, 3.8) is 0 Å². The predicted molar refractivity (Wildman–Crippen MR) is 139 cm³/mol. The number of methoxy groups -OCH3 is 1. The first kappa shape index (κ1) is 23.8. The van der Waals surface area contributed by atoms with Crippen LogP contribution in [0, 0.1) is 0 Å². The third-order valence-electron chi connectivity index (χ3n) is 5.56. The van der Waals surface area contributed by atoms with Crippen LogP contribution in [0.25, 0.3) is 33.5 Å². The lowest BCUT2D eigenvalue weighted by molar-refractivity contribution is -0.142. The van der Waals surface area contributed by atoms with Gasteiger partial charge in [-0.15, -0.1) is 0 Å². The van der Waals surface area contributed by atoms with Crippen LogP contribution in [0.3, 0.4) is 0 Å². The molecule has 0 bridgehead atoms. The number of para-hydroxylation sites is 2. The number of carbonyl (C=O) groups is 1. The Hall–Kier alpha value is -4.92. The van der Waals surface area contributed by atoms with Gasteiger partial charge in [-0.2, -0.15) is 9.78 Å². The summed E-state index contributed by atoms with van der Waals surface area (Å²) in [5, 5.41) is 5.80. The van der Waals surface area contributed by atoms with Crippen LogP contribution < -0.4 is 15.0 Å². The van der Waals surface area contributed by atoms with Gasteiger partial charge >= 0.3 is 5.97 Å². The molecule has 186 valence electrons. The summed E-state index contributed by atoms with van der Waals surface area (Å²) in [5.41, 5.74) is 1.53. The largest absolute Gasteiger partial charge is 0.490 e. The van der Waals surface area contributed by atoms with E-state index < -0.39 is 5.97 Å². The summed E-state index contributed by atoms with van der Waals surface area (Å²) in [5.74, 6) is 1.00. The number of ether oxygens (including phenoxy) is 3. The van der Waals surface area contributed by atoms with Crippen LogP contribution in [0.1, 0.15) is 12.5 Å². The van der Waals surface area contributed by atoms with Crippen LogP contribution in [-0.4, -0.2) is 42.2 Å². The number of fused-ring (bicyclic) bond motifs is 2. The first-order valence-corrected chi connectivity index (χ1v) is 11.6. The Labute approximate surface area is 211 Å². The van der Waals surface area contributed by atoms with Gasteiger partial charge in [0.15, 0.2) is 23.9 Å². The number of rotatable bonds is 8. The number of nitrogens with zero attached hydrogens (tertiary/aromatic N) is 3. The van der Waals surface area contributed by atoms with E-state index in [2.05, 4.69) is 9.84 Å². The molecule has 2 aromatic heterocycles. The fourth-order valence-electron chi connectivity index (χ4n) is 3.79. The maximum absolute atomic E-state index is 13.4. The molecular formula is C28H23N3O6. The van der Waals surface area contributed by atoms with E-state index in [1.54, 1.807) is 36.4 Å². The van der Waals surface area contributed by atoms with E-state index in [1.807, 2.05) is 43.3 Å². The predicted octanol–water partition coefficient (Wildman–Crippen LogP) is 4.64. The molecule has 5 aromatic rings. The van der Waals surface area contributed by atoms with Crippen LogP contribution in [-0.2, 0) is 9.53 Å². The second-order valence-electron chi connectivity index (χ2n) is 7.97. The monoisotopic (exact) mass is 497 g/mol. The highest BCUT2D eigenvalue weighted by Crippen LogP contribution is 2.29. The minimum absolute atomic E-state index is 0.247. The Morgan fingerprint density at radius 1 is 1.03 bits per heavy atom. The second-order valence-corrected chi connectivity index (χ2v) is 7.97. The molecule has 0 atom stereocenters. The lowest BCUT2D eigenvalue weighted by Gasteiger charge is -2.12. The zero-order chi connectivity index (χ0) is 25.8. The van der Waals surface area contributed by atoms with E-state index in [-0.39, 0.29) is 18.0 Å². The highest BCUT2D eigenvalue weighted by atomic mass is 16.6. The molecule has 0 saturated carbocycles. The molecule has 0 fully saturated rings. The summed E-state index contributed by atoms with van der Waals surface area (Å²) in [7, 11) is 1.29. The van der Waals surface area contributed by atoms with Crippen molar-refractivity contribution in [2.45, 2.75) is 6.92 Å². The maximum Gasteiger partial charge on any atom is 0.343 e. The smallest absolute Gasteiger partial charge is 0.343 e. The highest BCUT2D eigenvalue weighted by Gasteiger charge is 2.16. The van der Waals surface area contributed by atoms with Gasteiger partial charge in [0, 0.05) is 5.39 Å². The summed E-state index contributed by atoms with van der Waals surface area (Å²) >= 11 is 0. The zero-order valence-corrected chi connectivity index (χ0v) is 20.2. The molecule has 0 aliphatic heterocycles. The average Bonchev–Trinajstić information content (AvgIpc) is 3.36. The van der Waals surface area contributed by atoms with Crippen LogP contribution in [0.2, 0.25) is 0 Å². The van der Waals surface area contributed by atoms with Crippen molar-refractivity contribution in [2.75, 3.05) is 20.3 Å². The van der Waals surface area contributed by atoms with Gasteiger partial charge in [-0.25, -0.2) is 9.78 Å². The van der Waals surface area contributed by atoms with E-state index in [9.17, 15) is 9.59 Å². The van der Waals surface area contributed by atoms with Gasteiger partial charge in [-0.1, -0.05) is 30.3 Å². The van der Waals surface area contributed by atoms with Crippen LogP contribution >= 0.6 is 0 Å². The maximum atomic E-state index is 13.4. The lowest BCUT2D eigenvalue weighted by atomic mass is 10.2. The van der Waals surface area contributed by atoms with Crippen molar-refractivity contribution in [3.8, 4) is 23.1 Å². The number of esters is 1. The SMILES string of the molecule is CCOc1cc(C=Nn2c(-c3cc4ccccc4o3)nc3ccccc3c2=O)ccc1OCC(=O)OC. The quantitative estimate of drug-likeness (QED) is 0.227. The molecule has 37 heavy (non-hydrogen) atoms. The molecule has 5 rings (SSSR count). The van der Waals surface area contributed by atoms with Gasteiger partial charge in [0.05, 0.1) is 30.8 Å². The molecule has 0 unspecified atom stereocenters. The first-order valence-electron chi connectivity index (χ1n) is 11.6. The number of aromatic nitrogens is 2. The van der Waals surface area contributed by atoms with Crippen LogP contribution in [0.15, 0.2) is 87.1 Å². The van der Waals surface area contributed by atoms with Gasteiger partial charge < -0.3 is 18.6 Å². The molecule has 9 nitrogen and oxygen atoms in total. The van der Waals surface area contributed by atoms with Crippen molar-refractivity contribution in [2.24, 2.45) is 5.10 Å². The fourth-order valence-corrected chi connectivity index (χ4v) is 3.79. The van der Waals surface area contributed by atoms with Crippen LogP contribution in [0.4, 0.5) is 0 Å². The first-order chi connectivity index (χ1) is 18.1. The number of hydrogen-bond acceptors (Lipinski definition) is 8. The lowest BCUT2D eigenvalue weighted by Crippen LogP contribution is -2.20. The normalized spacial score (nSPS) is 11.3. The van der Waals surface area contributed by atoms with E-state index >= 15 is 0 Å². The van der Waals surface area contributed by atoms with Crippen molar-refractivity contribution in [1.82, 2.24) is 9.66 Å². The Kier molecular flexibility index (Phi) is 6.67. The third kappa shape index (κ3) is 4.92. The summed E-state index contributed by atoms with van der Waals surface area (Å²) in [6.45, 7) is 1.98. The molecule has 0 radical (unpaired) electrons. The number of furan rings is 1. The Morgan fingerprint density at radius 3 is 2.65 bits per heavy atom. The van der Waals surface area contributed by atoms with Crippen molar-refractivity contribution in [3.05, 3.63) is 88.7 Å². The average molecular weight is 498 g/mol. The summed E-state index contributed by atoms with van der Waals surface area (Å²) in [6.07, 6.45) is 1.52. The van der Waals surface area contributed by atoms with Gasteiger partial charge in [0.25, 0.3) is 5.56 Å². The standard InChI is InChI=1S/C28H23N3O6/c1-3-35-24-14-18(12-13-23(24)36-17-26(32)34-2)16-29-31-27(25-15-19-8-4-7-11-22(19)37-25)30-21-10-6-5-9-20(21)28(31)33/h4-16H,3,17H2,1-2H3. The van der Waals surface area contributed by atoms with E-state index in [0.717, 1.165) is 5.39 Å². The summed E-state index contributed by atoms with van der Waals surface area (Å²) in [4.78, 5) is 29.6. The van der Waals surface area contributed by atoms with Crippen molar-refractivity contribution < 1.29 is 23.4 Å². The molecule has 0 spiro atoms. The third-order valence-corrected chi connectivity index (χ3v) is 5.56. The number of carbonyl (C=O) groups excluding carboxylic acids is 1. The van der Waals surface area contributed by atoms with E-state index in [4.69, 9.17) is 18.9 Å².